The standard InChI is InChI=1S/C11H11N/c1-9-5-6-11-10(8-9)4-3-7-12(11)2/h5-6,8H,7H2,1-2H3. The van der Waals surface area contributed by atoms with Gasteiger partial charge in [0.05, 0.1) is 12.2 Å². The molecule has 1 aromatic rings. The Labute approximate surface area is 73.0 Å². The molecule has 0 N–H and O–H groups in total. The average molecular weight is 157 g/mol. The zero-order valence-corrected chi connectivity index (χ0v) is 7.39. The summed E-state index contributed by atoms with van der Waals surface area (Å²) in [4.78, 5) is 2.17. The molecule has 12 heavy (non-hydrogen) atoms. The summed E-state index contributed by atoms with van der Waals surface area (Å²) in [5.74, 6) is 6.24. The van der Waals surface area contributed by atoms with Gasteiger partial charge >= 0.3 is 0 Å². The van der Waals surface area contributed by atoms with Crippen molar-refractivity contribution < 1.29 is 0 Å². The lowest BCUT2D eigenvalue weighted by Crippen LogP contribution is -2.20. The van der Waals surface area contributed by atoms with Crippen LogP contribution >= 0.6 is 0 Å². The maximum atomic E-state index is 3.14. The molecule has 1 aliphatic rings. The fourth-order valence-corrected chi connectivity index (χ4v) is 1.42. The van der Waals surface area contributed by atoms with E-state index in [0.717, 1.165) is 12.1 Å². The lowest BCUT2D eigenvalue weighted by Gasteiger charge is -2.20. The van der Waals surface area contributed by atoms with Crippen LogP contribution in [-0.2, 0) is 0 Å². The van der Waals surface area contributed by atoms with Crippen LogP contribution in [0.15, 0.2) is 18.2 Å². The van der Waals surface area contributed by atoms with Crippen molar-refractivity contribution >= 4 is 5.69 Å². The third-order valence-corrected chi connectivity index (χ3v) is 2.10. The summed E-state index contributed by atoms with van der Waals surface area (Å²) >= 11 is 0. The topological polar surface area (TPSA) is 3.24 Å². The second-order valence-electron chi connectivity index (χ2n) is 3.18. The van der Waals surface area contributed by atoms with E-state index in [0.29, 0.717) is 0 Å². The molecule has 0 atom stereocenters. The van der Waals surface area contributed by atoms with Crippen LogP contribution in [0.25, 0.3) is 0 Å². The van der Waals surface area contributed by atoms with E-state index in [9.17, 15) is 0 Å². The minimum absolute atomic E-state index is 0.843. The van der Waals surface area contributed by atoms with Crippen molar-refractivity contribution in [2.24, 2.45) is 0 Å². The molecule has 2 rings (SSSR count). The number of nitrogens with zero attached hydrogens (tertiary/aromatic N) is 1. The summed E-state index contributed by atoms with van der Waals surface area (Å²) in [6.45, 7) is 2.94. The number of fused-ring (bicyclic) bond motifs is 1. The SMILES string of the molecule is Cc1ccc2c(c1)C#CCN2C. The van der Waals surface area contributed by atoms with Gasteiger partial charge in [0.1, 0.15) is 0 Å². The summed E-state index contributed by atoms with van der Waals surface area (Å²) in [6.07, 6.45) is 0. The molecule has 1 aliphatic heterocycles. The van der Waals surface area contributed by atoms with Gasteiger partial charge in [0.25, 0.3) is 0 Å². The van der Waals surface area contributed by atoms with Gasteiger partial charge in [-0.3, -0.25) is 0 Å². The van der Waals surface area contributed by atoms with E-state index in [-0.39, 0.29) is 0 Å². The first kappa shape index (κ1) is 7.24. The Balaban J connectivity index is 2.59. The molecule has 0 amide bonds. The van der Waals surface area contributed by atoms with Gasteiger partial charge in [0.2, 0.25) is 0 Å². The Hall–Kier alpha value is -1.42. The number of hydrogen-bond donors (Lipinski definition) is 0. The van der Waals surface area contributed by atoms with Crippen LogP contribution in [0.2, 0.25) is 0 Å². The van der Waals surface area contributed by atoms with Crippen LogP contribution in [0, 0.1) is 18.8 Å². The number of aryl methyl sites for hydroxylation is 1. The predicted molar refractivity (Wildman–Crippen MR) is 51.3 cm³/mol. The average Bonchev–Trinajstić information content (AvgIpc) is 2.04. The summed E-state index contributed by atoms with van der Waals surface area (Å²) in [7, 11) is 2.07. The van der Waals surface area contributed by atoms with Crippen molar-refractivity contribution in [3.05, 3.63) is 29.3 Å². The molecule has 0 bridgehead atoms. The van der Waals surface area contributed by atoms with Gasteiger partial charge in [-0.1, -0.05) is 17.9 Å². The Morgan fingerprint density at radius 3 is 3.08 bits per heavy atom. The van der Waals surface area contributed by atoms with Gasteiger partial charge in [-0.15, -0.1) is 0 Å². The molecule has 0 saturated heterocycles. The van der Waals surface area contributed by atoms with Gasteiger partial charge in [-0.25, -0.2) is 0 Å². The van der Waals surface area contributed by atoms with E-state index in [1.165, 1.54) is 11.3 Å². The minimum atomic E-state index is 0.843. The van der Waals surface area contributed by atoms with Crippen molar-refractivity contribution in [2.75, 3.05) is 18.5 Å². The first-order valence-electron chi connectivity index (χ1n) is 4.08. The van der Waals surface area contributed by atoms with Crippen LogP contribution in [-0.4, -0.2) is 13.6 Å². The van der Waals surface area contributed by atoms with Crippen LogP contribution in [0.3, 0.4) is 0 Å². The van der Waals surface area contributed by atoms with E-state index >= 15 is 0 Å². The molecule has 0 radical (unpaired) electrons. The maximum Gasteiger partial charge on any atom is 0.0795 e. The first-order chi connectivity index (χ1) is 5.77. The predicted octanol–water partition coefficient (Wildman–Crippen LogP) is 1.80. The van der Waals surface area contributed by atoms with E-state index in [1.54, 1.807) is 0 Å². The largest absolute Gasteiger partial charge is 0.362 e. The van der Waals surface area contributed by atoms with Crippen LogP contribution in [0.4, 0.5) is 5.69 Å². The van der Waals surface area contributed by atoms with Gasteiger partial charge < -0.3 is 4.90 Å². The molecule has 1 heteroatoms. The Morgan fingerprint density at radius 2 is 2.25 bits per heavy atom. The zero-order chi connectivity index (χ0) is 8.55. The van der Waals surface area contributed by atoms with Crippen LogP contribution in [0.1, 0.15) is 11.1 Å². The van der Waals surface area contributed by atoms with Gasteiger partial charge in [-0.2, -0.15) is 0 Å². The fourth-order valence-electron chi connectivity index (χ4n) is 1.42. The fraction of sp³-hybridized carbons (Fsp3) is 0.273. The van der Waals surface area contributed by atoms with Crippen molar-refractivity contribution in [1.82, 2.24) is 0 Å². The number of rotatable bonds is 0. The Morgan fingerprint density at radius 1 is 1.42 bits per heavy atom. The smallest absolute Gasteiger partial charge is 0.0795 e. The number of anilines is 1. The van der Waals surface area contributed by atoms with Crippen LogP contribution in [0.5, 0.6) is 0 Å². The number of hydrogen-bond acceptors (Lipinski definition) is 1. The highest BCUT2D eigenvalue weighted by molar-refractivity contribution is 5.64. The molecule has 1 heterocycles. The molecule has 0 unspecified atom stereocenters. The van der Waals surface area contributed by atoms with Crippen molar-refractivity contribution in [2.45, 2.75) is 6.92 Å². The van der Waals surface area contributed by atoms with Gasteiger partial charge in [0.15, 0.2) is 0 Å². The first-order valence-corrected chi connectivity index (χ1v) is 4.08. The molecular weight excluding hydrogens is 146 g/mol. The summed E-state index contributed by atoms with van der Waals surface area (Å²) in [6, 6.07) is 6.40. The molecule has 0 spiro atoms. The van der Waals surface area contributed by atoms with E-state index in [4.69, 9.17) is 0 Å². The molecule has 1 nitrogen and oxygen atoms in total. The van der Waals surface area contributed by atoms with Crippen molar-refractivity contribution in [3.8, 4) is 11.8 Å². The highest BCUT2D eigenvalue weighted by Gasteiger charge is 2.07. The summed E-state index contributed by atoms with van der Waals surface area (Å²) < 4.78 is 0. The second-order valence-corrected chi connectivity index (χ2v) is 3.18. The van der Waals surface area contributed by atoms with Crippen molar-refractivity contribution in [3.63, 3.8) is 0 Å². The molecule has 0 aromatic heterocycles. The molecule has 0 aliphatic carbocycles. The third-order valence-electron chi connectivity index (χ3n) is 2.10. The lowest BCUT2D eigenvalue weighted by molar-refractivity contribution is 1.04. The molecule has 0 fully saturated rings. The zero-order valence-electron chi connectivity index (χ0n) is 7.39. The van der Waals surface area contributed by atoms with E-state index in [1.807, 2.05) is 0 Å². The molecular formula is C11H11N. The lowest BCUT2D eigenvalue weighted by atomic mass is 10.1. The maximum absolute atomic E-state index is 3.14. The molecule has 1 aromatic carbocycles. The summed E-state index contributed by atoms with van der Waals surface area (Å²) in [5, 5.41) is 0. The van der Waals surface area contributed by atoms with Gasteiger partial charge in [-0.05, 0) is 24.6 Å². The number of benzene rings is 1. The minimum Gasteiger partial charge on any atom is -0.362 e. The Bertz CT molecular complexity index is 368. The molecule has 60 valence electrons. The van der Waals surface area contributed by atoms with Gasteiger partial charge in [0, 0.05) is 12.6 Å². The highest BCUT2D eigenvalue weighted by Crippen LogP contribution is 2.21. The Kier molecular flexibility index (Phi) is 1.55. The summed E-state index contributed by atoms with van der Waals surface area (Å²) in [5.41, 5.74) is 3.68. The monoisotopic (exact) mass is 157 g/mol. The third kappa shape index (κ3) is 1.06. The van der Waals surface area contributed by atoms with E-state index in [2.05, 4.69) is 48.9 Å². The second kappa shape index (κ2) is 2.57. The van der Waals surface area contributed by atoms with Crippen molar-refractivity contribution in [1.29, 1.82) is 0 Å². The molecule has 0 saturated carbocycles. The highest BCUT2D eigenvalue weighted by atomic mass is 15.1. The van der Waals surface area contributed by atoms with E-state index < -0.39 is 0 Å². The normalized spacial score (nSPS) is 13.3. The van der Waals surface area contributed by atoms with Crippen LogP contribution < -0.4 is 4.90 Å². The quantitative estimate of drug-likeness (QED) is 0.519.